The Morgan fingerprint density at radius 1 is 1.21 bits per heavy atom. The molecule has 5 nitrogen and oxygen atoms in total. The van der Waals surface area contributed by atoms with Crippen molar-refractivity contribution in [1.82, 2.24) is 9.97 Å². The Morgan fingerprint density at radius 3 is 2.63 bits per heavy atom. The fraction of sp³-hybridized carbons (Fsp3) is 0.0909. The Morgan fingerprint density at radius 2 is 1.95 bits per heavy atom. The molecule has 0 atom stereocenters. The number of hydrogen-bond donors (Lipinski definition) is 1. The molecule has 0 spiro atoms. The summed E-state index contributed by atoms with van der Waals surface area (Å²) in [6.07, 6.45) is 1.35. The van der Waals surface area contributed by atoms with Gasteiger partial charge < -0.3 is 0 Å². The molecule has 19 heavy (non-hydrogen) atoms. The number of aryl methyl sites for hydroxylation is 1. The van der Waals surface area contributed by atoms with E-state index in [2.05, 4.69) is 9.97 Å². The highest BCUT2D eigenvalue weighted by Gasteiger charge is 2.21. The summed E-state index contributed by atoms with van der Waals surface area (Å²) in [5, 5.41) is 0. The monoisotopic (exact) mass is 285 g/mol. The van der Waals surface area contributed by atoms with Gasteiger partial charge >= 0.3 is 0 Å². The van der Waals surface area contributed by atoms with E-state index >= 15 is 0 Å². The Kier molecular flexibility index (Phi) is 3.43. The van der Waals surface area contributed by atoms with E-state index in [0.29, 0.717) is 11.8 Å². The lowest BCUT2D eigenvalue weighted by Gasteiger charge is -2.07. The maximum absolute atomic E-state index is 13.4. The number of hydrogen-bond acceptors (Lipinski definition) is 4. The molecule has 0 fully saturated rings. The van der Waals surface area contributed by atoms with Crippen LogP contribution in [0.2, 0.25) is 0 Å². The molecule has 0 saturated carbocycles. The van der Waals surface area contributed by atoms with E-state index in [-0.39, 0.29) is 5.95 Å². The number of benzene rings is 1. The molecule has 1 aromatic carbocycles. The molecule has 8 heteroatoms. The fourth-order valence-electron chi connectivity index (χ4n) is 1.36. The van der Waals surface area contributed by atoms with Gasteiger partial charge in [0.25, 0.3) is 10.0 Å². The minimum atomic E-state index is -4.27. The summed E-state index contributed by atoms with van der Waals surface area (Å²) >= 11 is 0. The molecule has 0 aliphatic heterocycles. The van der Waals surface area contributed by atoms with Crippen LogP contribution in [0.1, 0.15) is 5.69 Å². The first-order chi connectivity index (χ1) is 8.88. The molecule has 0 aliphatic carbocycles. The zero-order valence-electron chi connectivity index (χ0n) is 9.76. The number of anilines is 1. The van der Waals surface area contributed by atoms with Gasteiger partial charge in [0, 0.05) is 11.9 Å². The molecule has 0 aliphatic rings. The van der Waals surface area contributed by atoms with Gasteiger partial charge in [-0.25, -0.2) is 31.9 Å². The fourth-order valence-corrected chi connectivity index (χ4v) is 2.40. The third kappa shape index (κ3) is 3.02. The molecule has 2 rings (SSSR count). The highest BCUT2D eigenvalue weighted by molar-refractivity contribution is 7.92. The largest absolute Gasteiger partial charge is 0.267 e. The Bertz CT molecular complexity index is 720. The summed E-state index contributed by atoms with van der Waals surface area (Å²) in [7, 11) is -4.27. The normalized spacial score (nSPS) is 11.3. The van der Waals surface area contributed by atoms with Crippen molar-refractivity contribution in [1.29, 1.82) is 0 Å². The van der Waals surface area contributed by atoms with Crippen LogP contribution in [0.5, 0.6) is 0 Å². The average molecular weight is 285 g/mol. The Labute approximate surface area is 108 Å². The van der Waals surface area contributed by atoms with Crippen LogP contribution < -0.4 is 4.72 Å². The van der Waals surface area contributed by atoms with Gasteiger partial charge in [-0.1, -0.05) is 0 Å². The van der Waals surface area contributed by atoms with Crippen molar-refractivity contribution in [2.24, 2.45) is 0 Å². The van der Waals surface area contributed by atoms with Crippen LogP contribution in [0.25, 0.3) is 0 Å². The molecule has 1 heterocycles. The van der Waals surface area contributed by atoms with Crippen molar-refractivity contribution >= 4 is 16.0 Å². The predicted molar refractivity (Wildman–Crippen MR) is 63.9 cm³/mol. The summed E-state index contributed by atoms with van der Waals surface area (Å²) in [4.78, 5) is 6.71. The number of nitrogens with one attached hydrogen (secondary N) is 1. The van der Waals surface area contributed by atoms with Crippen LogP contribution >= 0.6 is 0 Å². The van der Waals surface area contributed by atoms with Gasteiger partial charge in [-0.15, -0.1) is 0 Å². The third-order valence-electron chi connectivity index (χ3n) is 2.20. The number of rotatable bonds is 3. The Balaban J connectivity index is 2.40. The minimum Gasteiger partial charge on any atom is -0.247 e. The van der Waals surface area contributed by atoms with E-state index in [1.54, 1.807) is 13.0 Å². The lowest BCUT2D eigenvalue weighted by molar-refractivity contribution is 0.555. The van der Waals surface area contributed by atoms with Crippen molar-refractivity contribution in [2.45, 2.75) is 11.8 Å². The smallest absolute Gasteiger partial charge is 0.247 e. The van der Waals surface area contributed by atoms with Crippen molar-refractivity contribution in [3.05, 3.63) is 47.8 Å². The van der Waals surface area contributed by atoms with Crippen LogP contribution in [0.3, 0.4) is 0 Å². The van der Waals surface area contributed by atoms with Gasteiger partial charge in [0.2, 0.25) is 5.95 Å². The van der Waals surface area contributed by atoms with Gasteiger partial charge in [-0.05, 0) is 31.2 Å². The minimum absolute atomic E-state index is 0.205. The van der Waals surface area contributed by atoms with Crippen LogP contribution in [-0.2, 0) is 10.0 Å². The maximum atomic E-state index is 13.4. The van der Waals surface area contributed by atoms with E-state index in [9.17, 15) is 17.2 Å². The second-order valence-electron chi connectivity index (χ2n) is 3.70. The van der Waals surface area contributed by atoms with Crippen LogP contribution in [0.4, 0.5) is 14.7 Å². The first-order valence-electron chi connectivity index (χ1n) is 5.16. The first kappa shape index (κ1) is 13.3. The van der Waals surface area contributed by atoms with E-state index in [1.807, 2.05) is 4.72 Å². The van der Waals surface area contributed by atoms with Crippen molar-refractivity contribution in [3.63, 3.8) is 0 Å². The maximum Gasteiger partial charge on any atom is 0.267 e. The summed E-state index contributed by atoms with van der Waals surface area (Å²) in [6, 6.07) is 3.73. The molecule has 1 N–H and O–H groups in total. The average Bonchev–Trinajstić information content (AvgIpc) is 2.31. The van der Waals surface area contributed by atoms with Crippen molar-refractivity contribution in [3.8, 4) is 0 Å². The SMILES string of the molecule is Cc1ccnc(NS(=O)(=O)c2cc(F)ccc2F)n1. The van der Waals surface area contributed by atoms with Crippen molar-refractivity contribution < 1.29 is 17.2 Å². The summed E-state index contributed by atoms with van der Waals surface area (Å²) < 4.78 is 52.2. The molecule has 0 unspecified atom stereocenters. The highest BCUT2D eigenvalue weighted by Crippen LogP contribution is 2.18. The molecular weight excluding hydrogens is 276 g/mol. The summed E-state index contributed by atoms with van der Waals surface area (Å²) in [5.41, 5.74) is 0.535. The molecule has 1 aromatic heterocycles. The molecule has 0 saturated heterocycles. The van der Waals surface area contributed by atoms with Gasteiger partial charge in [-0.3, -0.25) is 0 Å². The summed E-state index contributed by atoms with van der Waals surface area (Å²) in [5.74, 6) is -2.11. The lowest BCUT2D eigenvalue weighted by Crippen LogP contribution is -2.16. The number of halogens is 2. The van der Waals surface area contributed by atoms with E-state index < -0.39 is 26.6 Å². The highest BCUT2D eigenvalue weighted by atomic mass is 32.2. The zero-order valence-corrected chi connectivity index (χ0v) is 10.6. The molecule has 100 valence electrons. The second-order valence-corrected chi connectivity index (χ2v) is 5.35. The molecular formula is C11H9F2N3O2S. The van der Waals surface area contributed by atoms with E-state index in [0.717, 1.165) is 12.1 Å². The number of sulfonamides is 1. The summed E-state index contributed by atoms with van der Waals surface area (Å²) in [6.45, 7) is 1.64. The molecule has 0 amide bonds. The van der Waals surface area contributed by atoms with Crippen LogP contribution in [-0.4, -0.2) is 18.4 Å². The van der Waals surface area contributed by atoms with Crippen molar-refractivity contribution in [2.75, 3.05) is 4.72 Å². The van der Waals surface area contributed by atoms with E-state index in [4.69, 9.17) is 0 Å². The number of aromatic nitrogens is 2. The van der Waals surface area contributed by atoms with E-state index in [1.165, 1.54) is 6.20 Å². The number of nitrogens with zero attached hydrogens (tertiary/aromatic N) is 2. The quantitative estimate of drug-likeness (QED) is 0.934. The Hall–Kier alpha value is -2.09. The third-order valence-corrected chi connectivity index (χ3v) is 3.55. The molecule has 0 radical (unpaired) electrons. The van der Waals surface area contributed by atoms with Gasteiger partial charge in [0.05, 0.1) is 0 Å². The van der Waals surface area contributed by atoms with Crippen LogP contribution in [0, 0.1) is 18.6 Å². The van der Waals surface area contributed by atoms with Gasteiger partial charge in [0.15, 0.2) is 0 Å². The predicted octanol–water partition coefficient (Wildman–Crippen LogP) is 1.86. The molecule has 0 bridgehead atoms. The first-order valence-corrected chi connectivity index (χ1v) is 6.64. The topological polar surface area (TPSA) is 72.0 Å². The van der Waals surface area contributed by atoms with Gasteiger partial charge in [0.1, 0.15) is 16.5 Å². The molecule has 2 aromatic rings. The van der Waals surface area contributed by atoms with Gasteiger partial charge in [-0.2, -0.15) is 0 Å². The zero-order chi connectivity index (χ0) is 14.0. The second kappa shape index (κ2) is 4.88. The lowest BCUT2D eigenvalue weighted by atomic mass is 10.3. The van der Waals surface area contributed by atoms with Crippen LogP contribution in [0.15, 0.2) is 35.4 Å². The standard InChI is InChI=1S/C11H9F2N3O2S/c1-7-4-5-14-11(15-7)16-19(17,18)10-6-8(12)2-3-9(10)13/h2-6H,1H3,(H,14,15,16).